The van der Waals surface area contributed by atoms with E-state index in [1.807, 2.05) is 6.07 Å². The lowest BCUT2D eigenvalue weighted by Crippen LogP contribution is -2.50. The summed E-state index contributed by atoms with van der Waals surface area (Å²) in [4.78, 5) is 16.8. The number of aromatic nitrogens is 1. The Hall–Kier alpha value is -1.69. The van der Waals surface area contributed by atoms with E-state index in [1.54, 1.807) is 23.4 Å². The van der Waals surface area contributed by atoms with Crippen molar-refractivity contribution < 1.29 is 4.79 Å². The highest BCUT2D eigenvalue weighted by Crippen LogP contribution is 2.21. The van der Waals surface area contributed by atoms with Crippen LogP contribution in [0.3, 0.4) is 0 Å². The first-order chi connectivity index (χ1) is 7.18. The summed E-state index contributed by atoms with van der Waals surface area (Å²) in [6, 6.07) is 3.63. The van der Waals surface area contributed by atoms with Gasteiger partial charge in [0.15, 0.2) is 5.50 Å². The molecule has 0 saturated heterocycles. The van der Waals surface area contributed by atoms with Crippen molar-refractivity contribution in [3.63, 3.8) is 0 Å². The molecule has 15 heavy (non-hydrogen) atoms. The average Bonchev–Trinajstić information content (AvgIpc) is 2.17. The van der Waals surface area contributed by atoms with Crippen molar-refractivity contribution in [3.05, 3.63) is 36.4 Å². The number of nitrogens with zero attached hydrogens (tertiary/aromatic N) is 2. The van der Waals surface area contributed by atoms with Crippen molar-refractivity contribution >= 4 is 24.2 Å². The van der Waals surface area contributed by atoms with E-state index in [4.69, 9.17) is 5.73 Å². The van der Waals surface area contributed by atoms with Gasteiger partial charge in [-0.15, -0.1) is 12.6 Å². The largest absolute Gasteiger partial charge is 0.385 e. The molecule has 2 heterocycles. The van der Waals surface area contributed by atoms with E-state index in [-0.39, 0.29) is 5.91 Å². The van der Waals surface area contributed by atoms with Crippen LogP contribution in [-0.2, 0) is 4.79 Å². The van der Waals surface area contributed by atoms with Gasteiger partial charge >= 0.3 is 0 Å². The number of pyridine rings is 1. The fourth-order valence-electron chi connectivity index (χ4n) is 1.37. The second-order valence-corrected chi connectivity index (χ2v) is 3.52. The zero-order chi connectivity index (χ0) is 10.8. The number of nitrogens with two attached hydrogens (primary N) is 1. The predicted octanol–water partition coefficient (Wildman–Crippen LogP) is 0.0313. The summed E-state index contributed by atoms with van der Waals surface area (Å²) >= 11 is 4.23. The highest BCUT2D eigenvalue weighted by atomic mass is 32.1. The lowest BCUT2D eigenvalue weighted by Gasteiger charge is -2.33. The zero-order valence-electron chi connectivity index (χ0n) is 7.79. The fourth-order valence-corrected chi connectivity index (χ4v) is 1.76. The molecule has 1 amide bonds. The lowest BCUT2D eigenvalue weighted by atomic mass is 10.3. The molecule has 5 nitrogen and oxygen atoms in total. The van der Waals surface area contributed by atoms with Crippen LogP contribution in [0.2, 0.25) is 0 Å². The highest BCUT2D eigenvalue weighted by Gasteiger charge is 2.24. The number of carbonyl (C=O) groups is 1. The lowest BCUT2D eigenvalue weighted by molar-refractivity contribution is -0.117. The van der Waals surface area contributed by atoms with Crippen molar-refractivity contribution in [2.24, 2.45) is 5.73 Å². The van der Waals surface area contributed by atoms with Gasteiger partial charge in [-0.25, -0.2) is 0 Å². The number of thiol groups is 1. The van der Waals surface area contributed by atoms with Gasteiger partial charge in [0.05, 0.1) is 11.9 Å². The Labute approximate surface area is 92.4 Å². The van der Waals surface area contributed by atoms with Gasteiger partial charge in [-0.05, 0) is 12.1 Å². The van der Waals surface area contributed by atoms with Crippen LogP contribution in [-0.4, -0.2) is 16.4 Å². The van der Waals surface area contributed by atoms with E-state index in [0.717, 1.165) is 5.69 Å². The quantitative estimate of drug-likeness (QED) is 0.586. The molecule has 78 valence electrons. The zero-order valence-corrected chi connectivity index (χ0v) is 8.69. The van der Waals surface area contributed by atoms with E-state index in [1.165, 1.54) is 6.08 Å². The van der Waals surface area contributed by atoms with Crippen LogP contribution in [0.25, 0.3) is 0 Å². The molecular weight excluding hydrogens is 212 g/mol. The summed E-state index contributed by atoms with van der Waals surface area (Å²) in [5, 5.41) is 2.63. The Morgan fingerprint density at radius 2 is 2.40 bits per heavy atom. The molecule has 0 fully saturated rings. The van der Waals surface area contributed by atoms with Gasteiger partial charge in [-0.1, -0.05) is 0 Å². The summed E-state index contributed by atoms with van der Waals surface area (Å²) in [6.07, 6.45) is 4.64. The van der Waals surface area contributed by atoms with Crippen LogP contribution in [0.1, 0.15) is 0 Å². The van der Waals surface area contributed by atoms with E-state index in [2.05, 4.69) is 22.9 Å². The van der Waals surface area contributed by atoms with Crippen molar-refractivity contribution in [3.8, 4) is 0 Å². The highest BCUT2D eigenvalue weighted by molar-refractivity contribution is 7.81. The smallest absolute Gasteiger partial charge is 0.249 e. The number of amides is 1. The maximum atomic E-state index is 11.1. The second-order valence-electron chi connectivity index (χ2n) is 3.03. The Kier molecular flexibility index (Phi) is 2.51. The molecule has 1 aromatic heterocycles. The number of rotatable bonds is 1. The first kappa shape index (κ1) is 9.85. The minimum Gasteiger partial charge on any atom is -0.385 e. The van der Waals surface area contributed by atoms with Gasteiger partial charge < -0.3 is 11.1 Å². The van der Waals surface area contributed by atoms with Gasteiger partial charge in [0, 0.05) is 12.3 Å². The molecular formula is C9H10N4OS. The van der Waals surface area contributed by atoms with Gasteiger partial charge in [-0.3, -0.25) is 14.7 Å². The van der Waals surface area contributed by atoms with Crippen LogP contribution < -0.4 is 16.0 Å². The van der Waals surface area contributed by atoms with Gasteiger partial charge in [0.25, 0.3) is 0 Å². The van der Waals surface area contributed by atoms with Gasteiger partial charge in [0.1, 0.15) is 5.82 Å². The molecule has 3 N–H and O–H groups in total. The normalized spacial score (nSPS) is 20.9. The van der Waals surface area contributed by atoms with Crippen molar-refractivity contribution in [1.82, 2.24) is 10.3 Å². The molecule has 1 aliphatic heterocycles. The SMILES string of the molecule is NC1=CC(=O)NC(S)N1c1cccnc1. The Balaban J connectivity index is 2.37. The summed E-state index contributed by atoms with van der Waals surface area (Å²) in [7, 11) is 0. The summed E-state index contributed by atoms with van der Waals surface area (Å²) in [6.45, 7) is 0. The first-order valence-electron chi connectivity index (χ1n) is 4.33. The van der Waals surface area contributed by atoms with Crippen LogP contribution in [0.4, 0.5) is 5.69 Å². The molecule has 0 spiro atoms. The average molecular weight is 222 g/mol. The number of nitrogens with one attached hydrogen (secondary N) is 1. The van der Waals surface area contributed by atoms with Crippen LogP contribution in [0.5, 0.6) is 0 Å². The number of hydrogen-bond acceptors (Lipinski definition) is 5. The van der Waals surface area contributed by atoms with E-state index in [0.29, 0.717) is 5.82 Å². The molecule has 1 atom stereocenters. The van der Waals surface area contributed by atoms with E-state index >= 15 is 0 Å². The third-order valence-corrected chi connectivity index (χ3v) is 2.36. The third kappa shape index (κ3) is 1.89. The van der Waals surface area contributed by atoms with Crippen LogP contribution in [0.15, 0.2) is 36.4 Å². The molecule has 0 radical (unpaired) electrons. The third-order valence-electron chi connectivity index (χ3n) is 2.00. The summed E-state index contributed by atoms with van der Waals surface area (Å²) in [5.41, 5.74) is 6.06. The molecule has 0 aliphatic carbocycles. The standard InChI is InChI=1S/C9H10N4OS/c10-7-4-8(14)12-9(15)13(7)6-2-1-3-11-5-6/h1-5,9,15H,10H2,(H,12,14). The topological polar surface area (TPSA) is 71.2 Å². The fraction of sp³-hybridized carbons (Fsp3) is 0.111. The number of anilines is 1. The summed E-state index contributed by atoms with van der Waals surface area (Å²) < 4.78 is 0. The first-order valence-corrected chi connectivity index (χ1v) is 4.85. The van der Waals surface area contributed by atoms with Gasteiger partial charge in [-0.2, -0.15) is 0 Å². The van der Waals surface area contributed by atoms with Crippen LogP contribution in [0, 0.1) is 0 Å². The van der Waals surface area contributed by atoms with Crippen molar-refractivity contribution in [2.75, 3.05) is 4.90 Å². The maximum absolute atomic E-state index is 11.1. The Morgan fingerprint density at radius 3 is 3.00 bits per heavy atom. The van der Waals surface area contributed by atoms with E-state index in [9.17, 15) is 4.79 Å². The molecule has 1 unspecified atom stereocenters. The van der Waals surface area contributed by atoms with Gasteiger partial charge in [0.2, 0.25) is 5.91 Å². The molecule has 0 aromatic carbocycles. The monoisotopic (exact) mass is 222 g/mol. The molecule has 0 bridgehead atoms. The molecule has 6 heteroatoms. The minimum absolute atomic E-state index is 0.243. The maximum Gasteiger partial charge on any atom is 0.249 e. The predicted molar refractivity (Wildman–Crippen MR) is 59.9 cm³/mol. The summed E-state index contributed by atoms with van der Waals surface area (Å²) in [5.74, 6) is 0.111. The van der Waals surface area contributed by atoms with Crippen LogP contribution >= 0.6 is 12.6 Å². The number of carbonyl (C=O) groups excluding carboxylic acids is 1. The molecule has 1 aromatic rings. The molecule has 2 rings (SSSR count). The molecule has 0 saturated carbocycles. The van der Waals surface area contributed by atoms with Crippen molar-refractivity contribution in [2.45, 2.75) is 5.50 Å². The number of hydrogen-bond donors (Lipinski definition) is 3. The second kappa shape index (κ2) is 3.82. The van der Waals surface area contributed by atoms with Crippen molar-refractivity contribution in [1.29, 1.82) is 0 Å². The van der Waals surface area contributed by atoms with E-state index < -0.39 is 5.50 Å². The Morgan fingerprint density at radius 1 is 1.60 bits per heavy atom. The minimum atomic E-state index is -0.466. The molecule has 1 aliphatic rings. The Bertz CT molecular complexity index is 406.